The van der Waals surface area contributed by atoms with Crippen molar-refractivity contribution in [2.24, 2.45) is 0 Å². The first-order valence-corrected chi connectivity index (χ1v) is 6.66. The Labute approximate surface area is 123 Å². The topological polar surface area (TPSA) is 38.3 Å². The number of anilines is 1. The predicted octanol–water partition coefficient (Wildman–Crippen LogP) is 4.05. The number of halogens is 1. The molecule has 0 aliphatic rings. The van der Waals surface area contributed by atoms with Crippen LogP contribution < -0.4 is 5.32 Å². The van der Waals surface area contributed by atoms with E-state index in [2.05, 4.69) is 5.32 Å². The minimum Gasteiger partial charge on any atom is -0.465 e. The summed E-state index contributed by atoms with van der Waals surface area (Å²) in [6.45, 7) is 2.50. The summed E-state index contributed by atoms with van der Waals surface area (Å²) >= 11 is 6.17. The first-order valence-electron chi connectivity index (χ1n) is 6.28. The Hall–Kier alpha value is -2.00. The van der Waals surface area contributed by atoms with Gasteiger partial charge in [-0.3, -0.25) is 0 Å². The van der Waals surface area contributed by atoms with Crippen LogP contribution in [0.15, 0.2) is 42.5 Å². The summed E-state index contributed by atoms with van der Waals surface area (Å²) in [6, 6.07) is 13.2. The van der Waals surface area contributed by atoms with Crippen molar-refractivity contribution >= 4 is 23.3 Å². The van der Waals surface area contributed by atoms with Gasteiger partial charge in [-0.15, -0.1) is 0 Å². The van der Waals surface area contributed by atoms with E-state index in [-0.39, 0.29) is 5.97 Å². The van der Waals surface area contributed by atoms with Crippen LogP contribution in [0.5, 0.6) is 0 Å². The van der Waals surface area contributed by atoms with E-state index in [1.807, 2.05) is 43.3 Å². The van der Waals surface area contributed by atoms with Crippen molar-refractivity contribution in [3.63, 3.8) is 0 Å². The van der Waals surface area contributed by atoms with Crippen molar-refractivity contribution in [2.45, 2.75) is 13.5 Å². The van der Waals surface area contributed by atoms with Crippen LogP contribution in [0.1, 0.15) is 21.5 Å². The molecule has 104 valence electrons. The van der Waals surface area contributed by atoms with Crippen LogP contribution in [-0.4, -0.2) is 13.1 Å². The fraction of sp³-hybridized carbons (Fsp3) is 0.188. The summed E-state index contributed by atoms with van der Waals surface area (Å²) in [5, 5.41) is 3.90. The smallest absolute Gasteiger partial charge is 0.338 e. The SMILES string of the molecule is COC(=O)c1ccccc1CNc1ccc(C)cc1Cl. The molecular weight excluding hydrogens is 274 g/mol. The molecule has 0 bridgehead atoms. The second-order valence-electron chi connectivity index (χ2n) is 4.49. The van der Waals surface area contributed by atoms with Crippen molar-refractivity contribution in [1.29, 1.82) is 0 Å². The number of ether oxygens (including phenoxy) is 1. The molecule has 2 aromatic carbocycles. The lowest BCUT2D eigenvalue weighted by Crippen LogP contribution is -2.09. The first kappa shape index (κ1) is 14.4. The molecule has 0 saturated carbocycles. The quantitative estimate of drug-likeness (QED) is 0.863. The van der Waals surface area contributed by atoms with E-state index < -0.39 is 0 Å². The van der Waals surface area contributed by atoms with E-state index in [1.165, 1.54) is 7.11 Å². The molecule has 0 fully saturated rings. The first-order chi connectivity index (χ1) is 9.61. The summed E-state index contributed by atoms with van der Waals surface area (Å²) in [5.74, 6) is -0.336. The van der Waals surface area contributed by atoms with Crippen molar-refractivity contribution < 1.29 is 9.53 Å². The fourth-order valence-electron chi connectivity index (χ4n) is 1.94. The van der Waals surface area contributed by atoms with Crippen LogP contribution in [0.4, 0.5) is 5.69 Å². The second kappa shape index (κ2) is 6.44. The Kier molecular flexibility index (Phi) is 4.64. The average molecular weight is 290 g/mol. The number of carbonyl (C=O) groups is 1. The number of nitrogens with one attached hydrogen (secondary N) is 1. The maximum atomic E-state index is 11.7. The number of benzene rings is 2. The number of hydrogen-bond donors (Lipinski definition) is 1. The highest BCUT2D eigenvalue weighted by molar-refractivity contribution is 6.33. The molecule has 0 aromatic heterocycles. The van der Waals surface area contributed by atoms with Crippen molar-refractivity contribution in [3.05, 3.63) is 64.2 Å². The van der Waals surface area contributed by atoms with Gasteiger partial charge in [0.1, 0.15) is 0 Å². The zero-order valence-electron chi connectivity index (χ0n) is 11.4. The zero-order valence-corrected chi connectivity index (χ0v) is 12.2. The van der Waals surface area contributed by atoms with Crippen LogP contribution in [0.3, 0.4) is 0 Å². The Morgan fingerprint density at radius 2 is 2.00 bits per heavy atom. The van der Waals surface area contributed by atoms with E-state index in [9.17, 15) is 4.79 Å². The molecule has 0 saturated heterocycles. The summed E-state index contributed by atoms with van der Waals surface area (Å²) < 4.78 is 4.78. The number of carbonyl (C=O) groups excluding carboxylic acids is 1. The molecule has 0 amide bonds. The maximum Gasteiger partial charge on any atom is 0.338 e. The van der Waals surface area contributed by atoms with E-state index in [4.69, 9.17) is 16.3 Å². The molecule has 0 aliphatic heterocycles. The number of esters is 1. The van der Waals surface area contributed by atoms with Gasteiger partial charge in [0.15, 0.2) is 0 Å². The van der Waals surface area contributed by atoms with E-state index >= 15 is 0 Å². The number of rotatable bonds is 4. The molecule has 0 aliphatic carbocycles. The summed E-state index contributed by atoms with van der Waals surface area (Å²) in [5.41, 5.74) is 3.38. The van der Waals surface area contributed by atoms with Crippen molar-refractivity contribution in [1.82, 2.24) is 0 Å². The summed E-state index contributed by atoms with van der Waals surface area (Å²) in [4.78, 5) is 11.7. The van der Waals surface area contributed by atoms with E-state index in [0.717, 1.165) is 16.8 Å². The van der Waals surface area contributed by atoms with Gasteiger partial charge in [-0.25, -0.2) is 4.79 Å². The fourth-order valence-corrected chi connectivity index (χ4v) is 2.24. The van der Waals surface area contributed by atoms with Gasteiger partial charge < -0.3 is 10.1 Å². The lowest BCUT2D eigenvalue weighted by molar-refractivity contribution is 0.0599. The largest absolute Gasteiger partial charge is 0.465 e. The third kappa shape index (κ3) is 3.31. The molecule has 3 nitrogen and oxygen atoms in total. The Balaban J connectivity index is 2.17. The summed E-state index contributed by atoms with van der Waals surface area (Å²) in [7, 11) is 1.38. The molecule has 1 N–H and O–H groups in total. The van der Waals surface area contributed by atoms with Gasteiger partial charge in [0.2, 0.25) is 0 Å². The maximum absolute atomic E-state index is 11.7. The molecular formula is C16H16ClNO2. The van der Waals surface area contributed by atoms with Crippen LogP contribution >= 0.6 is 11.6 Å². The van der Waals surface area contributed by atoms with Gasteiger partial charge in [0, 0.05) is 6.54 Å². The molecule has 0 spiro atoms. The highest BCUT2D eigenvalue weighted by Gasteiger charge is 2.10. The third-order valence-corrected chi connectivity index (χ3v) is 3.33. The molecule has 0 radical (unpaired) electrons. The van der Waals surface area contributed by atoms with Gasteiger partial charge in [0.05, 0.1) is 23.4 Å². The third-order valence-electron chi connectivity index (χ3n) is 3.02. The molecule has 4 heteroatoms. The van der Waals surface area contributed by atoms with Gasteiger partial charge in [0.25, 0.3) is 0 Å². The molecule has 0 heterocycles. The summed E-state index contributed by atoms with van der Waals surface area (Å²) in [6.07, 6.45) is 0. The van der Waals surface area contributed by atoms with Gasteiger partial charge in [-0.2, -0.15) is 0 Å². The molecule has 2 aromatic rings. The van der Waals surface area contributed by atoms with Crippen LogP contribution in [-0.2, 0) is 11.3 Å². The van der Waals surface area contributed by atoms with Gasteiger partial charge in [-0.1, -0.05) is 35.9 Å². The Morgan fingerprint density at radius 1 is 1.25 bits per heavy atom. The number of methoxy groups -OCH3 is 1. The highest BCUT2D eigenvalue weighted by Crippen LogP contribution is 2.23. The Morgan fingerprint density at radius 3 is 2.70 bits per heavy atom. The molecule has 0 unspecified atom stereocenters. The van der Waals surface area contributed by atoms with Crippen LogP contribution in [0, 0.1) is 6.92 Å². The van der Waals surface area contributed by atoms with Crippen molar-refractivity contribution in [3.8, 4) is 0 Å². The second-order valence-corrected chi connectivity index (χ2v) is 4.89. The minimum absolute atomic E-state index is 0.336. The monoisotopic (exact) mass is 289 g/mol. The lowest BCUT2D eigenvalue weighted by atomic mass is 10.1. The minimum atomic E-state index is -0.336. The van der Waals surface area contributed by atoms with Gasteiger partial charge >= 0.3 is 5.97 Å². The highest BCUT2D eigenvalue weighted by atomic mass is 35.5. The predicted molar refractivity (Wildman–Crippen MR) is 81.3 cm³/mol. The normalized spacial score (nSPS) is 10.2. The molecule has 0 atom stereocenters. The van der Waals surface area contributed by atoms with Crippen LogP contribution in [0.2, 0.25) is 5.02 Å². The van der Waals surface area contributed by atoms with Crippen LogP contribution in [0.25, 0.3) is 0 Å². The van der Waals surface area contributed by atoms with E-state index in [1.54, 1.807) is 6.07 Å². The van der Waals surface area contributed by atoms with E-state index in [0.29, 0.717) is 17.1 Å². The van der Waals surface area contributed by atoms with Gasteiger partial charge in [-0.05, 0) is 36.2 Å². The zero-order chi connectivity index (χ0) is 14.5. The molecule has 2 rings (SSSR count). The Bertz CT molecular complexity index is 626. The molecule has 20 heavy (non-hydrogen) atoms. The lowest BCUT2D eigenvalue weighted by Gasteiger charge is -2.11. The average Bonchev–Trinajstić information content (AvgIpc) is 2.46. The standard InChI is InChI=1S/C16H16ClNO2/c1-11-7-8-15(14(17)9-11)18-10-12-5-3-4-6-13(12)16(19)20-2/h3-9,18H,10H2,1-2H3. The number of aryl methyl sites for hydroxylation is 1. The van der Waals surface area contributed by atoms with Crippen molar-refractivity contribution in [2.75, 3.05) is 12.4 Å². The number of hydrogen-bond acceptors (Lipinski definition) is 3.